The van der Waals surface area contributed by atoms with Crippen LogP contribution in [-0.4, -0.2) is 33.5 Å². The highest BCUT2D eigenvalue weighted by atomic mass is 32.2. The molecule has 0 saturated carbocycles. The lowest BCUT2D eigenvalue weighted by Crippen LogP contribution is -2.28. The Labute approximate surface area is 110 Å². The minimum Gasteiger partial charge on any atom is -0.399 e. The van der Waals surface area contributed by atoms with Crippen molar-refractivity contribution >= 4 is 21.2 Å². The summed E-state index contributed by atoms with van der Waals surface area (Å²) in [7, 11) is -2.93. The molecule has 0 heterocycles. The van der Waals surface area contributed by atoms with E-state index in [4.69, 9.17) is 5.73 Å². The van der Waals surface area contributed by atoms with Gasteiger partial charge in [-0.2, -0.15) is 0 Å². The molecule has 0 atom stereocenters. The molecule has 0 aliphatic rings. The number of hydrogen-bond donors (Lipinski definition) is 1. The topological polar surface area (TPSA) is 63.4 Å². The van der Waals surface area contributed by atoms with Crippen LogP contribution in [0.15, 0.2) is 18.2 Å². The number of anilines is 2. The van der Waals surface area contributed by atoms with Crippen molar-refractivity contribution < 1.29 is 8.42 Å². The molecule has 0 saturated heterocycles. The first kappa shape index (κ1) is 14.8. The van der Waals surface area contributed by atoms with Gasteiger partial charge in [0.25, 0.3) is 0 Å². The Morgan fingerprint density at radius 3 is 2.44 bits per heavy atom. The second-order valence-corrected chi connectivity index (χ2v) is 6.71. The fourth-order valence-corrected chi connectivity index (χ4v) is 2.39. The molecular formula is C13H22N2O2S. The molecule has 1 rings (SSSR count). The molecule has 18 heavy (non-hydrogen) atoms. The van der Waals surface area contributed by atoms with E-state index in [0.29, 0.717) is 6.54 Å². The summed E-state index contributed by atoms with van der Waals surface area (Å²) in [6.07, 6.45) is 2.14. The Morgan fingerprint density at radius 1 is 1.28 bits per heavy atom. The van der Waals surface area contributed by atoms with Crippen LogP contribution in [-0.2, 0) is 16.3 Å². The van der Waals surface area contributed by atoms with E-state index in [9.17, 15) is 8.42 Å². The van der Waals surface area contributed by atoms with Crippen molar-refractivity contribution in [3.05, 3.63) is 23.8 Å². The van der Waals surface area contributed by atoms with Crippen molar-refractivity contribution in [3.8, 4) is 0 Å². The molecule has 0 radical (unpaired) electrons. The van der Waals surface area contributed by atoms with Crippen molar-refractivity contribution in [2.45, 2.75) is 20.3 Å². The largest absolute Gasteiger partial charge is 0.399 e. The van der Waals surface area contributed by atoms with Crippen molar-refractivity contribution in [2.75, 3.05) is 35.7 Å². The first-order valence-corrected chi connectivity index (χ1v) is 8.24. The first-order valence-electron chi connectivity index (χ1n) is 6.18. The Balaban J connectivity index is 2.88. The van der Waals surface area contributed by atoms with Gasteiger partial charge in [0.05, 0.1) is 5.75 Å². The van der Waals surface area contributed by atoms with Crippen LogP contribution >= 0.6 is 0 Å². The van der Waals surface area contributed by atoms with E-state index in [1.807, 2.05) is 25.1 Å². The number of hydrogen-bond acceptors (Lipinski definition) is 4. The SMILES string of the molecule is CCc1cc(N(CC)CCS(C)(=O)=O)ccc1N. The highest BCUT2D eigenvalue weighted by Crippen LogP contribution is 2.21. The number of rotatable bonds is 6. The molecule has 0 aromatic heterocycles. The molecule has 2 N–H and O–H groups in total. The number of benzene rings is 1. The third kappa shape index (κ3) is 4.22. The van der Waals surface area contributed by atoms with Crippen LogP contribution in [0.2, 0.25) is 0 Å². The molecule has 102 valence electrons. The van der Waals surface area contributed by atoms with E-state index in [1.54, 1.807) is 0 Å². The zero-order valence-electron chi connectivity index (χ0n) is 11.3. The third-order valence-corrected chi connectivity index (χ3v) is 3.91. The van der Waals surface area contributed by atoms with Crippen LogP contribution < -0.4 is 10.6 Å². The summed E-state index contributed by atoms with van der Waals surface area (Å²) in [5, 5.41) is 0. The van der Waals surface area contributed by atoms with Gasteiger partial charge in [-0.3, -0.25) is 0 Å². The minimum absolute atomic E-state index is 0.173. The summed E-state index contributed by atoms with van der Waals surface area (Å²) in [6.45, 7) is 5.37. The fraction of sp³-hybridized carbons (Fsp3) is 0.538. The molecule has 0 aliphatic heterocycles. The van der Waals surface area contributed by atoms with Gasteiger partial charge in [-0.15, -0.1) is 0 Å². The first-order chi connectivity index (χ1) is 8.37. The summed E-state index contributed by atoms with van der Waals surface area (Å²) in [4.78, 5) is 2.06. The molecule has 0 fully saturated rings. The molecule has 0 spiro atoms. The lowest BCUT2D eigenvalue weighted by molar-refractivity contribution is 0.600. The molecular weight excluding hydrogens is 248 g/mol. The normalized spacial score (nSPS) is 11.5. The predicted octanol–water partition coefficient (Wildman–Crippen LogP) is 1.70. The van der Waals surface area contributed by atoms with E-state index < -0.39 is 9.84 Å². The van der Waals surface area contributed by atoms with Crippen LogP contribution in [0.5, 0.6) is 0 Å². The lowest BCUT2D eigenvalue weighted by Gasteiger charge is -2.23. The van der Waals surface area contributed by atoms with E-state index in [-0.39, 0.29) is 5.75 Å². The number of nitrogen functional groups attached to an aromatic ring is 1. The van der Waals surface area contributed by atoms with Gasteiger partial charge in [0.2, 0.25) is 0 Å². The third-order valence-electron chi connectivity index (χ3n) is 2.99. The van der Waals surface area contributed by atoms with Crippen LogP contribution in [0.3, 0.4) is 0 Å². The van der Waals surface area contributed by atoms with Gasteiger partial charge in [-0.05, 0) is 37.1 Å². The summed E-state index contributed by atoms with van der Waals surface area (Å²) in [6, 6.07) is 5.87. The zero-order valence-corrected chi connectivity index (χ0v) is 12.1. The van der Waals surface area contributed by atoms with E-state index in [2.05, 4.69) is 11.8 Å². The van der Waals surface area contributed by atoms with Gasteiger partial charge in [-0.25, -0.2) is 8.42 Å². The van der Waals surface area contributed by atoms with Crippen LogP contribution in [0.4, 0.5) is 11.4 Å². The van der Waals surface area contributed by atoms with Crippen LogP contribution in [0.25, 0.3) is 0 Å². The van der Waals surface area contributed by atoms with Crippen LogP contribution in [0.1, 0.15) is 19.4 Å². The van der Waals surface area contributed by atoms with E-state index in [0.717, 1.165) is 29.9 Å². The maximum absolute atomic E-state index is 11.2. The molecule has 1 aromatic rings. The summed E-state index contributed by atoms with van der Waals surface area (Å²) < 4.78 is 22.4. The highest BCUT2D eigenvalue weighted by molar-refractivity contribution is 7.90. The maximum Gasteiger partial charge on any atom is 0.149 e. The monoisotopic (exact) mass is 270 g/mol. The number of sulfone groups is 1. The Bertz CT molecular complexity index is 498. The van der Waals surface area contributed by atoms with Gasteiger partial charge < -0.3 is 10.6 Å². The standard InChI is InChI=1S/C13H22N2O2S/c1-4-11-10-12(6-7-13(11)14)15(5-2)8-9-18(3,16)17/h6-7,10H,4-5,8-9,14H2,1-3H3. The quantitative estimate of drug-likeness (QED) is 0.799. The smallest absolute Gasteiger partial charge is 0.149 e. The highest BCUT2D eigenvalue weighted by Gasteiger charge is 2.10. The molecule has 0 bridgehead atoms. The van der Waals surface area contributed by atoms with Crippen molar-refractivity contribution in [1.82, 2.24) is 0 Å². The number of nitrogens with zero attached hydrogens (tertiary/aromatic N) is 1. The number of nitrogens with two attached hydrogens (primary N) is 1. The second kappa shape index (κ2) is 6.09. The summed E-state index contributed by atoms with van der Waals surface area (Å²) >= 11 is 0. The molecule has 0 aliphatic carbocycles. The molecule has 0 amide bonds. The molecule has 0 unspecified atom stereocenters. The summed E-state index contributed by atoms with van der Waals surface area (Å²) in [5.74, 6) is 0.173. The number of aryl methyl sites for hydroxylation is 1. The van der Waals surface area contributed by atoms with E-state index in [1.165, 1.54) is 6.26 Å². The Kier molecular flexibility index (Phi) is 5.02. The average molecular weight is 270 g/mol. The zero-order chi connectivity index (χ0) is 13.8. The predicted molar refractivity (Wildman–Crippen MR) is 77.8 cm³/mol. The van der Waals surface area contributed by atoms with Gasteiger partial charge >= 0.3 is 0 Å². The fourth-order valence-electron chi connectivity index (χ4n) is 1.84. The minimum atomic E-state index is -2.93. The lowest BCUT2D eigenvalue weighted by atomic mass is 10.1. The van der Waals surface area contributed by atoms with Gasteiger partial charge in [0.15, 0.2) is 0 Å². The molecule has 4 nitrogen and oxygen atoms in total. The Morgan fingerprint density at radius 2 is 1.94 bits per heavy atom. The molecule has 1 aromatic carbocycles. The van der Waals surface area contributed by atoms with Gasteiger partial charge in [0, 0.05) is 30.7 Å². The van der Waals surface area contributed by atoms with Gasteiger partial charge in [0.1, 0.15) is 9.84 Å². The second-order valence-electron chi connectivity index (χ2n) is 4.45. The Hall–Kier alpha value is -1.23. The van der Waals surface area contributed by atoms with Crippen LogP contribution in [0, 0.1) is 0 Å². The maximum atomic E-state index is 11.2. The van der Waals surface area contributed by atoms with Crippen molar-refractivity contribution in [2.24, 2.45) is 0 Å². The molecule has 5 heteroatoms. The van der Waals surface area contributed by atoms with Crippen molar-refractivity contribution in [3.63, 3.8) is 0 Å². The average Bonchev–Trinajstić information content (AvgIpc) is 2.30. The summed E-state index contributed by atoms with van der Waals surface area (Å²) in [5.41, 5.74) is 8.80. The van der Waals surface area contributed by atoms with Gasteiger partial charge in [-0.1, -0.05) is 6.92 Å². The van der Waals surface area contributed by atoms with E-state index >= 15 is 0 Å². The van der Waals surface area contributed by atoms with Crippen molar-refractivity contribution in [1.29, 1.82) is 0 Å².